The van der Waals surface area contributed by atoms with Gasteiger partial charge in [-0.15, -0.1) is 20.4 Å². The lowest BCUT2D eigenvalue weighted by Crippen LogP contribution is -1.89. The normalized spacial score (nSPS) is 10.5. The van der Waals surface area contributed by atoms with Crippen molar-refractivity contribution in [1.29, 1.82) is 10.5 Å². The van der Waals surface area contributed by atoms with E-state index in [9.17, 15) is 0 Å². The summed E-state index contributed by atoms with van der Waals surface area (Å²) in [5.41, 5.74) is 0.643. The maximum atomic E-state index is 8.97. The molecule has 0 amide bonds. The zero-order valence-corrected chi connectivity index (χ0v) is 26.2. The molecule has 10 nitrogen and oxygen atoms in total. The van der Waals surface area contributed by atoms with Crippen molar-refractivity contribution in [2.45, 2.75) is 67.4 Å². The molecule has 4 aromatic heterocycles. The molecule has 0 spiro atoms. The predicted octanol–water partition coefficient (Wildman–Crippen LogP) is 6.73. The summed E-state index contributed by atoms with van der Waals surface area (Å²) in [6, 6.07) is 4.05. The highest BCUT2D eigenvalue weighted by atomic mass is 32.2. The number of aromatic nitrogens is 8. The second kappa shape index (κ2) is 17.4. The summed E-state index contributed by atoms with van der Waals surface area (Å²) in [6.07, 6.45) is 9.83. The topological polar surface area (TPSA) is 151 Å². The minimum absolute atomic E-state index is 0.319. The first-order valence-electron chi connectivity index (χ1n) is 11.7. The van der Waals surface area contributed by atoms with Crippen molar-refractivity contribution in [3.05, 3.63) is 36.2 Å². The Balaban J connectivity index is 0.000000216. The lowest BCUT2D eigenvalue weighted by molar-refractivity contribution is 0.749. The summed E-state index contributed by atoms with van der Waals surface area (Å²) in [4.78, 5) is 16.2. The molecule has 4 rings (SSSR count). The van der Waals surface area contributed by atoms with Gasteiger partial charge in [-0.3, -0.25) is 0 Å². The fourth-order valence-corrected chi connectivity index (χ4v) is 8.39. The van der Waals surface area contributed by atoms with E-state index in [0.717, 1.165) is 28.9 Å². The van der Waals surface area contributed by atoms with E-state index in [0.29, 0.717) is 27.4 Å². The van der Waals surface area contributed by atoms with Gasteiger partial charge in [0.05, 0.1) is 0 Å². The molecular formula is C23H24N10S6. The van der Waals surface area contributed by atoms with Gasteiger partial charge in [0.1, 0.15) is 22.2 Å². The summed E-state index contributed by atoms with van der Waals surface area (Å²) >= 11 is 9.15. The van der Waals surface area contributed by atoms with Crippen LogP contribution in [0.2, 0.25) is 0 Å². The Morgan fingerprint density at radius 1 is 0.718 bits per heavy atom. The van der Waals surface area contributed by atoms with Crippen molar-refractivity contribution in [3.8, 4) is 12.1 Å². The molecule has 202 valence electrons. The summed E-state index contributed by atoms with van der Waals surface area (Å²) in [5.74, 6) is 2.71. The molecule has 0 aromatic carbocycles. The van der Waals surface area contributed by atoms with Crippen LogP contribution in [0.1, 0.15) is 51.4 Å². The Morgan fingerprint density at radius 3 is 1.69 bits per heavy atom. The molecule has 39 heavy (non-hydrogen) atoms. The van der Waals surface area contributed by atoms with Crippen molar-refractivity contribution in [1.82, 2.24) is 40.3 Å². The van der Waals surface area contributed by atoms with Gasteiger partial charge in [-0.1, -0.05) is 79.8 Å². The molecule has 0 saturated heterocycles. The third-order valence-electron chi connectivity index (χ3n) is 4.20. The highest BCUT2D eigenvalue weighted by molar-refractivity contribution is 8.03. The number of unbranched alkanes of at least 4 members (excludes halogenated alkanes) is 2. The molecule has 0 bridgehead atoms. The van der Waals surface area contributed by atoms with Gasteiger partial charge in [0.15, 0.2) is 28.7 Å². The molecular weight excluding hydrogens is 609 g/mol. The van der Waals surface area contributed by atoms with E-state index >= 15 is 0 Å². The summed E-state index contributed by atoms with van der Waals surface area (Å²) in [5, 5.41) is 35.5. The van der Waals surface area contributed by atoms with Crippen molar-refractivity contribution >= 4 is 69.7 Å². The van der Waals surface area contributed by atoms with Crippen LogP contribution in [0, 0.1) is 28.6 Å². The van der Waals surface area contributed by atoms with Crippen LogP contribution in [-0.4, -0.2) is 51.8 Å². The van der Waals surface area contributed by atoms with Crippen molar-refractivity contribution in [3.63, 3.8) is 0 Å². The van der Waals surface area contributed by atoms with Crippen LogP contribution in [0.4, 0.5) is 0 Å². The van der Waals surface area contributed by atoms with E-state index in [1.165, 1.54) is 77.9 Å². The van der Waals surface area contributed by atoms with E-state index < -0.39 is 0 Å². The van der Waals surface area contributed by atoms with E-state index in [1.807, 2.05) is 12.1 Å². The summed E-state index contributed by atoms with van der Waals surface area (Å²) < 4.78 is 3.48. The second-order valence-electron chi connectivity index (χ2n) is 7.78. The largest absolute Gasteiger partial charge is 0.245 e. The molecule has 0 unspecified atom stereocenters. The third-order valence-corrected chi connectivity index (χ3v) is 10.9. The number of hydrogen-bond donors (Lipinski definition) is 0. The van der Waals surface area contributed by atoms with Gasteiger partial charge in [-0.2, -0.15) is 10.5 Å². The minimum atomic E-state index is 0.319. The number of rotatable bonds is 12. The predicted molar refractivity (Wildman–Crippen MR) is 157 cm³/mol. The van der Waals surface area contributed by atoms with Gasteiger partial charge in [0.2, 0.25) is 0 Å². The van der Waals surface area contributed by atoms with Crippen LogP contribution < -0.4 is 0 Å². The fourth-order valence-electron chi connectivity index (χ4n) is 2.46. The van der Waals surface area contributed by atoms with E-state index in [2.05, 4.69) is 61.1 Å². The van der Waals surface area contributed by atoms with E-state index in [-0.39, 0.29) is 0 Å². The molecule has 0 N–H and O–H groups in total. The molecule has 4 heterocycles. The van der Waals surface area contributed by atoms with Crippen molar-refractivity contribution < 1.29 is 0 Å². The summed E-state index contributed by atoms with van der Waals surface area (Å²) in [7, 11) is 0. The van der Waals surface area contributed by atoms with E-state index in [1.54, 1.807) is 35.9 Å². The number of nitrogens with zero attached hydrogens (tertiary/aromatic N) is 10. The SMILES string of the molecule is CC(C)CSc1nnc(Sc2nccnc2C#N)s1.CCCCCSc1nnc(Sc2nccnc2C#N)s1. The number of nitriles is 2. The standard InChI is InChI=1S/C12H13N5S3.C11H11N5S3/c1-2-3-4-7-18-11-16-17-12(20-11)19-10-9(8-13)14-5-6-15-10;1-7(2)6-17-10-15-16-11(19-10)18-9-8(5-12)13-3-4-14-9/h5-6H,2-4,7H2,1H3;3-4,7H,6H2,1-2H3. The molecule has 0 saturated carbocycles. The van der Waals surface area contributed by atoms with Crippen LogP contribution in [0.5, 0.6) is 0 Å². The lowest BCUT2D eigenvalue weighted by Gasteiger charge is -1.99. The van der Waals surface area contributed by atoms with Crippen LogP contribution >= 0.6 is 69.7 Å². The highest BCUT2D eigenvalue weighted by Gasteiger charge is 2.13. The molecule has 0 radical (unpaired) electrons. The Labute approximate surface area is 252 Å². The zero-order valence-electron chi connectivity index (χ0n) is 21.3. The third kappa shape index (κ3) is 11.0. The lowest BCUT2D eigenvalue weighted by atomic mass is 10.3. The summed E-state index contributed by atoms with van der Waals surface area (Å²) in [6.45, 7) is 6.53. The number of thioether (sulfide) groups is 2. The molecule has 4 aromatic rings. The van der Waals surface area contributed by atoms with Crippen LogP contribution in [0.25, 0.3) is 0 Å². The first-order chi connectivity index (χ1) is 19.0. The Bertz CT molecular complexity index is 1390. The average molecular weight is 633 g/mol. The van der Waals surface area contributed by atoms with Gasteiger partial charge in [0, 0.05) is 36.3 Å². The first-order valence-corrected chi connectivity index (χ1v) is 17.0. The minimum Gasteiger partial charge on any atom is -0.245 e. The van der Waals surface area contributed by atoms with Crippen molar-refractivity contribution in [2.75, 3.05) is 11.5 Å². The molecule has 0 atom stereocenters. The monoisotopic (exact) mass is 632 g/mol. The van der Waals surface area contributed by atoms with Gasteiger partial charge in [-0.25, -0.2) is 19.9 Å². The molecule has 0 aliphatic rings. The van der Waals surface area contributed by atoms with E-state index in [4.69, 9.17) is 10.5 Å². The van der Waals surface area contributed by atoms with Gasteiger partial charge in [-0.05, 0) is 35.9 Å². The quantitative estimate of drug-likeness (QED) is 0.120. The Morgan fingerprint density at radius 2 is 1.21 bits per heavy atom. The van der Waals surface area contributed by atoms with Gasteiger partial charge in [0.25, 0.3) is 0 Å². The fraction of sp³-hybridized carbons (Fsp3) is 0.391. The number of hydrogen-bond acceptors (Lipinski definition) is 16. The zero-order chi connectivity index (χ0) is 27.9. The maximum Gasteiger partial charge on any atom is 0.181 e. The van der Waals surface area contributed by atoms with Crippen LogP contribution in [-0.2, 0) is 0 Å². The molecule has 16 heteroatoms. The highest BCUT2D eigenvalue weighted by Crippen LogP contribution is 2.34. The smallest absolute Gasteiger partial charge is 0.181 e. The molecule has 0 fully saturated rings. The van der Waals surface area contributed by atoms with Crippen LogP contribution in [0.15, 0.2) is 52.2 Å². The van der Waals surface area contributed by atoms with Crippen molar-refractivity contribution in [2.24, 2.45) is 5.92 Å². The van der Waals surface area contributed by atoms with Crippen LogP contribution in [0.3, 0.4) is 0 Å². The first kappa shape index (κ1) is 31.2. The van der Waals surface area contributed by atoms with Gasteiger partial charge < -0.3 is 0 Å². The maximum absolute atomic E-state index is 8.97. The average Bonchev–Trinajstić information content (AvgIpc) is 3.60. The Hall–Kier alpha value is -2.34. The molecule has 0 aliphatic heterocycles. The van der Waals surface area contributed by atoms with Gasteiger partial charge >= 0.3 is 0 Å². The molecule has 0 aliphatic carbocycles. The Kier molecular flexibility index (Phi) is 13.9. The second-order valence-corrected chi connectivity index (χ2v) is 14.8.